The monoisotopic (exact) mass is 302 g/mol. The first-order valence-electron chi connectivity index (χ1n) is 5.08. The third-order valence-corrected chi connectivity index (χ3v) is 3.26. The van der Waals surface area contributed by atoms with Crippen LogP contribution in [-0.2, 0) is 0 Å². The molecule has 0 spiro atoms. The quantitative estimate of drug-likeness (QED) is 0.877. The van der Waals surface area contributed by atoms with E-state index in [1.165, 1.54) is 18.2 Å². The second-order valence-electron chi connectivity index (χ2n) is 3.75. The van der Waals surface area contributed by atoms with Gasteiger partial charge in [0.05, 0.1) is 15.6 Å². The SMILES string of the molecule is O=C(O)c1cc(F)c(F)cc1-c1ccc(Cl)c(Cl)c1. The van der Waals surface area contributed by atoms with Gasteiger partial charge < -0.3 is 5.11 Å². The Morgan fingerprint density at radius 1 is 1.00 bits per heavy atom. The molecular weight excluding hydrogens is 297 g/mol. The minimum absolute atomic E-state index is 0.0324. The molecule has 2 rings (SSSR count). The van der Waals surface area contributed by atoms with Gasteiger partial charge in [0.25, 0.3) is 0 Å². The number of benzene rings is 2. The van der Waals surface area contributed by atoms with Gasteiger partial charge in [-0.25, -0.2) is 13.6 Å². The van der Waals surface area contributed by atoms with Crippen LogP contribution in [0.3, 0.4) is 0 Å². The van der Waals surface area contributed by atoms with Crippen molar-refractivity contribution in [1.29, 1.82) is 0 Å². The molecule has 0 aliphatic carbocycles. The van der Waals surface area contributed by atoms with Crippen molar-refractivity contribution in [2.45, 2.75) is 0 Å². The number of carboxylic acids is 1. The molecule has 0 saturated carbocycles. The smallest absolute Gasteiger partial charge is 0.336 e. The number of aromatic carboxylic acids is 1. The lowest BCUT2D eigenvalue weighted by molar-refractivity contribution is 0.0697. The minimum atomic E-state index is -1.36. The highest BCUT2D eigenvalue weighted by Crippen LogP contribution is 2.31. The van der Waals surface area contributed by atoms with Crippen LogP contribution in [0, 0.1) is 11.6 Å². The summed E-state index contributed by atoms with van der Waals surface area (Å²) in [5.41, 5.74) is 0.0213. The molecule has 0 aliphatic heterocycles. The molecule has 0 aliphatic rings. The molecule has 0 radical (unpaired) electrons. The lowest BCUT2D eigenvalue weighted by Crippen LogP contribution is -2.02. The Morgan fingerprint density at radius 3 is 2.21 bits per heavy atom. The van der Waals surface area contributed by atoms with Gasteiger partial charge in [-0.15, -0.1) is 0 Å². The second-order valence-corrected chi connectivity index (χ2v) is 4.56. The van der Waals surface area contributed by atoms with Crippen LogP contribution in [0.5, 0.6) is 0 Å². The molecule has 0 amide bonds. The fraction of sp³-hybridized carbons (Fsp3) is 0. The van der Waals surface area contributed by atoms with E-state index in [-0.39, 0.29) is 21.2 Å². The molecule has 0 heterocycles. The maximum absolute atomic E-state index is 13.3. The molecular formula is C13H6Cl2F2O2. The Hall–Kier alpha value is -1.65. The molecule has 0 bridgehead atoms. The average molecular weight is 303 g/mol. The number of carboxylic acid groups (broad SMARTS) is 1. The lowest BCUT2D eigenvalue weighted by atomic mass is 9.99. The predicted molar refractivity (Wildman–Crippen MR) is 68.8 cm³/mol. The fourth-order valence-corrected chi connectivity index (χ4v) is 1.92. The van der Waals surface area contributed by atoms with Crippen LogP contribution in [0.25, 0.3) is 11.1 Å². The van der Waals surface area contributed by atoms with E-state index >= 15 is 0 Å². The normalized spacial score (nSPS) is 10.5. The largest absolute Gasteiger partial charge is 0.478 e. The van der Waals surface area contributed by atoms with Crippen molar-refractivity contribution in [2.75, 3.05) is 0 Å². The number of rotatable bonds is 2. The van der Waals surface area contributed by atoms with E-state index in [9.17, 15) is 13.6 Å². The Bertz CT molecular complexity index is 672. The fourth-order valence-electron chi connectivity index (χ4n) is 1.63. The van der Waals surface area contributed by atoms with E-state index in [0.717, 1.165) is 6.07 Å². The summed E-state index contributed by atoms with van der Waals surface area (Å²) in [4.78, 5) is 11.1. The predicted octanol–water partition coefficient (Wildman–Crippen LogP) is 4.64. The maximum atomic E-state index is 13.3. The highest BCUT2D eigenvalue weighted by molar-refractivity contribution is 6.42. The van der Waals surface area contributed by atoms with Gasteiger partial charge in [-0.3, -0.25) is 0 Å². The molecule has 2 aromatic carbocycles. The lowest BCUT2D eigenvalue weighted by Gasteiger charge is -2.08. The number of halogens is 4. The number of hydrogen-bond acceptors (Lipinski definition) is 1. The van der Waals surface area contributed by atoms with Crippen molar-refractivity contribution in [3.63, 3.8) is 0 Å². The second kappa shape index (κ2) is 5.15. The number of hydrogen-bond donors (Lipinski definition) is 1. The topological polar surface area (TPSA) is 37.3 Å². The van der Waals surface area contributed by atoms with E-state index in [1.54, 1.807) is 0 Å². The zero-order chi connectivity index (χ0) is 14.2. The molecule has 98 valence electrons. The third-order valence-electron chi connectivity index (χ3n) is 2.52. The van der Waals surface area contributed by atoms with Crippen molar-refractivity contribution in [1.82, 2.24) is 0 Å². The van der Waals surface area contributed by atoms with Gasteiger partial charge >= 0.3 is 5.97 Å². The molecule has 19 heavy (non-hydrogen) atoms. The zero-order valence-corrected chi connectivity index (χ0v) is 10.8. The van der Waals surface area contributed by atoms with Crippen LogP contribution < -0.4 is 0 Å². The van der Waals surface area contributed by atoms with Crippen LogP contribution in [0.1, 0.15) is 10.4 Å². The van der Waals surface area contributed by atoms with Crippen molar-refractivity contribution in [3.05, 3.63) is 57.6 Å². The first kappa shape index (κ1) is 13.8. The summed E-state index contributed by atoms with van der Waals surface area (Å²) in [7, 11) is 0. The molecule has 0 atom stereocenters. The van der Waals surface area contributed by atoms with Crippen LogP contribution >= 0.6 is 23.2 Å². The zero-order valence-electron chi connectivity index (χ0n) is 9.25. The van der Waals surface area contributed by atoms with E-state index < -0.39 is 17.6 Å². The Kier molecular flexibility index (Phi) is 3.73. The third kappa shape index (κ3) is 2.69. The Balaban J connectivity index is 2.69. The van der Waals surface area contributed by atoms with E-state index in [4.69, 9.17) is 28.3 Å². The van der Waals surface area contributed by atoms with Gasteiger partial charge in [-0.05, 0) is 35.4 Å². The van der Waals surface area contributed by atoms with E-state index in [1.807, 2.05) is 0 Å². The Morgan fingerprint density at radius 2 is 1.63 bits per heavy atom. The van der Waals surface area contributed by atoms with Crippen LogP contribution in [0.4, 0.5) is 8.78 Å². The molecule has 2 nitrogen and oxygen atoms in total. The molecule has 6 heteroatoms. The van der Waals surface area contributed by atoms with Crippen molar-refractivity contribution in [2.24, 2.45) is 0 Å². The van der Waals surface area contributed by atoms with Crippen molar-refractivity contribution < 1.29 is 18.7 Å². The molecule has 2 aromatic rings. The Labute approximate surface area is 117 Å². The van der Waals surface area contributed by atoms with Crippen LogP contribution in [0.2, 0.25) is 10.0 Å². The summed E-state index contributed by atoms with van der Waals surface area (Å²) in [6, 6.07) is 5.77. The van der Waals surface area contributed by atoms with Crippen LogP contribution in [-0.4, -0.2) is 11.1 Å². The standard InChI is InChI=1S/C13H6Cl2F2O2/c14-9-2-1-6(3-10(9)15)7-4-11(16)12(17)5-8(7)13(18)19/h1-5H,(H,18,19). The highest BCUT2D eigenvalue weighted by atomic mass is 35.5. The number of carbonyl (C=O) groups is 1. The maximum Gasteiger partial charge on any atom is 0.336 e. The first-order chi connectivity index (χ1) is 8.90. The van der Waals surface area contributed by atoms with Crippen molar-refractivity contribution >= 4 is 29.2 Å². The average Bonchev–Trinajstić information content (AvgIpc) is 2.35. The van der Waals surface area contributed by atoms with Gasteiger partial charge in [-0.1, -0.05) is 29.3 Å². The van der Waals surface area contributed by atoms with Gasteiger partial charge in [0.2, 0.25) is 0 Å². The van der Waals surface area contributed by atoms with E-state index in [2.05, 4.69) is 0 Å². The molecule has 0 aromatic heterocycles. The summed E-state index contributed by atoms with van der Waals surface area (Å²) in [5, 5.41) is 9.49. The first-order valence-corrected chi connectivity index (χ1v) is 5.83. The summed E-state index contributed by atoms with van der Waals surface area (Å²) < 4.78 is 26.4. The summed E-state index contributed by atoms with van der Waals surface area (Å²) >= 11 is 11.6. The molecule has 0 saturated heterocycles. The van der Waals surface area contributed by atoms with E-state index in [0.29, 0.717) is 11.6 Å². The summed E-state index contributed by atoms with van der Waals surface area (Å²) in [6.45, 7) is 0. The molecule has 0 unspecified atom stereocenters. The summed E-state index contributed by atoms with van der Waals surface area (Å²) in [5.74, 6) is -3.72. The van der Waals surface area contributed by atoms with Gasteiger partial charge in [-0.2, -0.15) is 0 Å². The van der Waals surface area contributed by atoms with Gasteiger partial charge in [0, 0.05) is 0 Å². The highest BCUT2D eigenvalue weighted by Gasteiger charge is 2.17. The van der Waals surface area contributed by atoms with Gasteiger partial charge in [0.15, 0.2) is 11.6 Å². The minimum Gasteiger partial charge on any atom is -0.478 e. The molecule has 0 fully saturated rings. The summed E-state index contributed by atoms with van der Waals surface area (Å²) in [6.07, 6.45) is 0. The molecule has 1 N–H and O–H groups in total. The van der Waals surface area contributed by atoms with Gasteiger partial charge in [0.1, 0.15) is 0 Å². The van der Waals surface area contributed by atoms with Crippen molar-refractivity contribution in [3.8, 4) is 11.1 Å². The van der Waals surface area contributed by atoms with Crippen LogP contribution in [0.15, 0.2) is 30.3 Å².